The van der Waals surface area contributed by atoms with Crippen LogP contribution in [0.15, 0.2) is 10.5 Å². The number of aryl methyl sites for hydroxylation is 1. The smallest absolute Gasteiger partial charge is 0.304 e. The van der Waals surface area contributed by atoms with E-state index >= 15 is 0 Å². The van der Waals surface area contributed by atoms with Gasteiger partial charge in [-0.25, -0.2) is 0 Å². The molecule has 0 atom stereocenters. The second-order valence-corrected chi connectivity index (χ2v) is 5.96. The van der Waals surface area contributed by atoms with Crippen molar-refractivity contribution in [2.75, 3.05) is 7.11 Å². The highest BCUT2D eigenvalue weighted by Gasteiger charge is 2.29. The number of carbonyl (C=O) groups is 1. The van der Waals surface area contributed by atoms with E-state index in [1.165, 1.54) is 0 Å². The van der Waals surface area contributed by atoms with Crippen LogP contribution in [0.1, 0.15) is 37.0 Å². The van der Waals surface area contributed by atoms with Crippen LogP contribution in [0, 0.1) is 13.8 Å². The predicted molar refractivity (Wildman–Crippen MR) is 75.4 cm³/mol. The summed E-state index contributed by atoms with van der Waals surface area (Å²) >= 11 is 3.53. The number of ether oxygens (including phenoxy) is 1. The predicted octanol–water partition coefficient (Wildman–Crippen LogP) is 3.83. The van der Waals surface area contributed by atoms with Crippen molar-refractivity contribution in [1.29, 1.82) is 0 Å². The fraction of sp³-hybridized carbons (Fsp3) is 0.500. The Morgan fingerprint density at radius 3 is 2.44 bits per heavy atom. The first-order valence-corrected chi connectivity index (χ1v) is 6.56. The van der Waals surface area contributed by atoms with Crippen molar-refractivity contribution in [1.82, 2.24) is 0 Å². The lowest BCUT2D eigenvalue weighted by Crippen LogP contribution is -2.23. The third-order valence-corrected chi connectivity index (χ3v) is 4.37. The van der Waals surface area contributed by atoms with E-state index in [9.17, 15) is 4.79 Å². The fourth-order valence-electron chi connectivity index (χ4n) is 2.18. The number of carboxylic acid groups (broad SMARTS) is 1. The van der Waals surface area contributed by atoms with E-state index in [4.69, 9.17) is 9.84 Å². The van der Waals surface area contributed by atoms with Gasteiger partial charge in [-0.15, -0.1) is 0 Å². The summed E-state index contributed by atoms with van der Waals surface area (Å²) in [5.41, 5.74) is 2.56. The monoisotopic (exact) mass is 314 g/mol. The molecule has 0 heterocycles. The van der Waals surface area contributed by atoms with Crippen molar-refractivity contribution in [3.05, 3.63) is 27.2 Å². The number of benzene rings is 1. The molecule has 0 aliphatic carbocycles. The molecule has 100 valence electrons. The maximum Gasteiger partial charge on any atom is 0.304 e. The lowest BCUT2D eigenvalue weighted by Gasteiger charge is -2.27. The zero-order chi connectivity index (χ0) is 14.1. The van der Waals surface area contributed by atoms with Gasteiger partial charge in [-0.3, -0.25) is 4.79 Å². The highest BCUT2D eigenvalue weighted by molar-refractivity contribution is 9.10. The van der Waals surface area contributed by atoms with Crippen LogP contribution in [-0.4, -0.2) is 18.2 Å². The zero-order valence-electron chi connectivity index (χ0n) is 11.4. The van der Waals surface area contributed by atoms with Gasteiger partial charge in [0.2, 0.25) is 0 Å². The minimum Gasteiger partial charge on any atom is -0.496 e. The van der Waals surface area contributed by atoms with Crippen LogP contribution in [0.3, 0.4) is 0 Å². The number of hydrogen-bond acceptors (Lipinski definition) is 2. The largest absolute Gasteiger partial charge is 0.496 e. The Labute approximate surface area is 116 Å². The number of halogens is 1. The molecule has 3 nitrogen and oxygen atoms in total. The normalized spacial score (nSPS) is 11.4. The van der Waals surface area contributed by atoms with Crippen molar-refractivity contribution < 1.29 is 14.6 Å². The van der Waals surface area contributed by atoms with Crippen LogP contribution in [0.4, 0.5) is 0 Å². The van der Waals surface area contributed by atoms with Gasteiger partial charge in [0, 0.05) is 21.0 Å². The molecule has 4 heteroatoms. The van der Waals surface area contributed by atoms with Gasteiger partial charge in [-0.1, -0.05) is 35.8 Å². The molecule has 0 saturated heterocycles. The Balaban J connectivity index is 3.44. The number of carboxylic acids is 1. The number of aliphatic carboxylic acids is 1. The number of rotatable bonds is 4. The Morgan fingerprint density at radius 2 is 2.00 bits per heavy atom. The maximum atomic E-state index is 11.0. The summed E-state index contributed by atoms with van der Waals surface area (Å²) in [6.45, 7) is 7.81. The molecule has 0 saturated carbocycles. The maximum absolute atomic E-state index is 11.0. The Bertz CT molecular complexity index is 478. The van der Waals surface area contributed by atoms with Gasteiger partial charge in [-0.05, 0) is 19.4 Å². The fourth-order valence-corrected chi connectivity index (χ4v) is 2.48. The van der Waals surface area contributed by atoms with Gasteiger partial charge >= 0.3 is 5.97 Å². The molecule has 0 spiro atoms. The molecule has 1 aromatic rings. The van der Waals surface area contributed by atoms with E-state index in [-0.39, 0.29) is 6.42 Å². The van der Waals surface area contributed by atoms with Crippen molar-refractivity contribution >= 4 is 21.9 Å². The van der Waals surface area contributed by atoms with Crippen molar-refractivity contribution in [2.45, 2.75) is 39.5 Å². The average Bonchev–Trinajstić information content (AvgIpc) is 2.23. The van der Waals surface area contributed by atoms with E-state index in [2.05, 4.69) is 15.9 Å². The Morgan fingerprint density at radius 1 is 1.44 bits per heavy atom. The molecule has 0 aliphatic heterocycles. The lowest BCUT2D eigenvalue weighted by atomic mass is 9.79. The highest BCUT2D eigenvalue weighted by Crippen LogP contribution is 2.40. The van der Waals surface area contributed by atoms with Crippen molar-refractivity contribution in [3.63, 3.8) is 0 Å². The average molecular weight is 315 g/mol. The van der Waals surface area contributed by atoms with Crippen LogP contribution >= 0.6 is 15.9 Å². The molecule has 1 N–H and O–H groups in total. The van der Waals surface area contributed by atoms with Gasteiger partial charge in [0.05, 0.1) is 13.5 Å². The number of methoxy groups -OCH3 is 1. The standard InChI is InChI=1S/C14H19BrO3/c1-8-6-10(14(3,4)7-11(16)17)13(18-5)9(2)12(8)15/h6H,7H2,1-5H3,(H,16,17). The van der Waals surface area contributed by atoms with Crippen LogP contribution in [-0.2, 0) is 10.2 Å². The highest BCUT2D eigenvalue weighted by atomic mass is 79.9. The molecule has 0 radical (unpaired) electrons. The topological polar surface area (TPSA) is 46.5 Å². The summed E-state index contributed by atoms with van der Waals surface area (Å²) in [5, 5.41) is 9.02. The molecule has 0 amide bonds. The van der Waals surface area contributed by atoms with Gasteiger partial charge in [0.25, 0.3) is 0 Å². The molecule has 0 aromatic heterocycles. The molecule has 18 heavy (non-hydrogen) atoms. The van der Waals surface area contributed by atoms with E-state index in [0.717, 1.165) is 26.9 Å². The van der Waals surface area contributed by atoms with Gasteiger partial charge < -0.3 is 9.84 Å². The first-order valence-electron chi connectivity index (χ1n) is 5.76. The summed E-state index contributed by atoms with van der Waals surface area (Å²) in [6, 6.07) is 2.00. The zero-order valence-corrected chi connectivity index (χ0v) is 13.0. The molecular weight excluding hydrogens is 296 g/mol. The molecule has 0 bridgehead atoms. The second-order valence-electron chi connectivity index (χ2n) is 5.17. The quantitative estimate of drug-likeness (QED) is 0.918. The summed E-state index contributed by atoms with van der Waals surface area (Å²) in [4.78, 5) is 11.0. The van der Waals surface area contributed by atoms with Gasteiger partial charge in [0.15, 0.2) is 0 Å². The minimum atomic E-state index is -0.805. The van der Waals surface area contributed by atoms with Gasteiger partial charge in [0.1, 0.15) is 5.75 Å². The second kappa shape index (κ2) is 5.31. The summed E-state index contributed by atoms with van der Waals surface area (Å²) in [6.07, 6.45) is 0.0733. The van der Waals surface area contributed by atoms with Crippen LogP contribution in [0.2, 0.25) is 0 Å². The van der Waals surface area contributed by atoms with Crippen LogP contribution < -0.4 is 4.74 Å². The van der Waals surface area contributed by atoms with E-state index < -0.39 is 11.4 Å². The molecule has 0 fully saturated rings. The summed E-state index contributed by atoms with van der Waals surface area (Å²) in [7, 11) is 1.62. The summed E-state index contributed by atoms with van der Waals surface area (Å²) < 4.78 is 6.47. The lowest BCUT2D eigenvalue weighted by molar-refractivity contribution is -0.138. The SMILES string of the molecule is COc1c(C(C)(C)CC(=O)O)cc(C)c(Br)c1C. The van der Waals surface area contributed by atoms with Crippen LogP contribution in [0.25, 0.3) is 0 Å². The summed E-state index contributed by atoms with van der Waals surface area (Å²) in [5.74, 6) is -0.0426. The van der Waals surface area contributed by atoms with Crippen molar-refractivity contribution in [3.8, 4) is 5.75 Å². The van der Waals surface area contributed by atoms with E-state index in [1.807, 2.05) is 33.8 Å². The molecule has 0 unspecified atom stereocenters. The van der Waals surface area contributed by atoms with E-state index in [0.29, 0.717) is 0 Å². The Kier molecular flexibility index (Phi) is 4.43. The molecule has 1 aromatic carbocycles. The third kappa shape index (κ3) is 2.86. The van der Waals surface area contributed by atoms with Crippen LogP contribution in [0.5, 0.6) is 5.75 Å². The first-order chi connectivity index (χ1) is 8.20. The van der Waals surface area contributed by atoms with Gasteiger partial charge in [-0.2, -0.15) is 0 Å². The third-order valence-electron chi connectivity index (χ3n) is 3.15. The molecular formula is C14H19BrO3. The molecule has 1 rings (SSSR count). The van der Waals surface area contributed by atoms with E-state index in [1.54, 1.807) is 7.11 Å². The number of hydrogen-bond donors (Lipinski definition) is 1. The molecule has 0 aliphatic rings. The Hall–Kier alpha value is -1.03. The van der Waals surface area contributed by atoms with Crippen molar-refractivity contribution in [2.24, 2.45) is 0 Å². The first kappa shape index (κ1) is 15.0. The minimum absolute atomic E-state index is 0.0733.